The van der Waals surface area contributed by atoms with E-state index >= 15 is 0 Å². The van der Waals surface area contributed by atoms with E-state index in [2.05, 4.69) is 31.6 Å². The third-order valence-electron chi connectivity index (χ3n) is 6.32. The van der Waals surface area contributed by atoms with Gasteiger partial charge in [-0.25, -0.2) is 0 Å². The maximum atomic E-state index is 9.30. The fourth-order valence-corrected chi connectivity index (χ4v) is 4.93. The van der Waals surface area contributed by atoms with Crippen molar-refractivity contribution in [3.63, 3.8) is 0 Å². The molecule has 0 saturated heterocycles. The first kappa shape index (κ1) is 20.8. The zero-order valence-corrected chi connectivity index (χ0v) is 18.7. The second kappa shape index (κ2) is 7.49. The molecule has 0 spiro atoms. The van der Waals surface area contributed by atoms with E-state index in [-0.39, 0.29) is 11.0 Å². The summed E-state index contributed by atoms with van der Waals surface area (Å²) in [7, 11) is 0. The Morgan fingerprint density at radius 3 is 2.70 bits per heavy atom. The Balaban J connectivity index is 1.52. The largest absolute Gasteiger partial charge is 0.490 e. The average Bonchev–Trinajstić information content (AvgIpc) is 3.11. The first-order valence-corrected chi connectivity index (χ1v) is 10.8. The van der Waals surface area contributed by atoms with Crippen molar-refractivity contribution in [1.29, 1.82) is 10.5 Å². The quantitative estimate of drug-likeness (QED) is 0.510. The summed E-state index contributed by atoms with van der Waals surface area (Å²) in [6.45, 7) is 6.17. The number of nitrogens with zero attached hydrogens (tertiary/aromatic N) is 5. The lowest BCUT2D eigenvalue weighted by atomic mass is 9.40. The van der Waals surface area contributed by atoms with Gasteiger partial charge in [0.15, 0.2) is 17.1 Å². The summed E-state index contributed by atoms with van der Waals surface area (Å²) in [6, 6.07) is 8.18. The smallest absolute Gasteiger partial charge is 0.235 e. The van der Waals surface area contributed by atoms with Gasteiger partial charge in [-0.1, -0.05) is 0 Å². The van der Waals surface area contributed by atoms with Gasteiger partial charge in [0.2, 0.25) is 11.8 Å². The van der Waals surface area contributed by atoms with Crippen molar-refractivity contribution in [1.82, 2.24) is 20.2 Å². The number of hydrogen-bond acceptors (Lipinski definition) is 8. The van der Waals surface area contributed by atoms with Gasteiger partial charge in [-0.15, -0.1) is 0 Å². The van der Waals surface area contributed by atoms with Gasteiger partial charge in [0, 0.05) is 17.3 Å². The van der Waals surface area contributed by atoms with Crippen LogP contribution in [0.15, 0.2) is 18.2 Å². The summed E-state index contributed by atoms with van der Waals surface area (Å²) >= 11 is 0. The van der Waals surface area contributed by atoms with Crippen LogP contribution >= 0.6 is 0 Å². The molecular formula is C24H23N7O2. The van der Waals surface area contributed by atoms with E-state index in [0.717, 1.165) is 36.1 Å². The number of aromatic amines is 1. The lowest BCUT2D eigenvalue weighted by Gasteiger charge is -2.66. The molecule has 166 valence electrons. The molecule has 3 fully saturated rings. The van der Waals surface area contributed by atoms with Crippen LogP contribution in [0.5, 0.6) is 17.4 Å². The summed E-state index contributed by atoms with van der Waals surface area (Å²) in [5.74, 6) is 1.92. The van der Waals surface area contributed by atoms with Crippen molar-refractivity contribution in [3.8, 4) is 29.5 Å². The Bertz CT molecular complexity index is 1360. The number of nitrogens with one attached hydrogen (secondary N) is 2. The topological polar surface area (TPSA) is 133 Å². The highest BCUT2D eigenvalue weighted by atomic mass is 16.5. The fourth-order valence-electron chi connectivity index (χ4n) is 4.93. The molecular weight excluding hydrogens is 418 g/mol. The van der Waals surface area contributed by atoms with E-state index in [0.29, 0.717) is 41.0 Å². The van der Waals surface area contributed by atoms with Crippen LogP contribution < -0.4 is 14.8 Å². The lowest BCUT2D eigenvalue weighted by molar-refractivity contribution is -0.0665. The number of nitriles is 2. The van der Waals surface area contributed by atoms with Gasteiger partial charge in [0.05, 0.1) is 24.2 Å². The second-order valence-corrected chi connectivity index (χ2v) is 8.89. The number of benzene rings is 1. The maximum Gasteiger partial charge on any atom is 0.235 e. The molecule has 33 heavy (non-hydrogen) atoms. The summed E-state index contributed by atoms with van der Waals surface area (Å²) in [5.41, 5.74) is 2.69. The van der Waals surface area contributed by atoms with E-state index in [1.54, 1.807) is 6.08 Å². The SMILES string of the molecule is CCOc1cc(/C=C/C#N)cc(C)c1Oc1nc(NC23CC(C#N)(C2)C3)nc2n[nH]c(C)c12. The molecule has 0 radical (unpaired) electrons. The molecule has 2 N–H and O–H groups in total. The molecule has 3 aromatic rings. The van der Waals surface area contributed by atoms with E-state index in [4.69, 9.17) is 14.7 Å². The van der Waals surface area contributed by atoms with Crippen molar-refractivity contribution in [2.24, 2.45) is 5.41 Å². The van der Waals surface area contributed by atoms with Crippen molar-refractivity contribution >= 4 is 23.1 Å². The van der Waals surface area contributed by atoms with Crippen molar-refractivity contribution in [2.75, 3.05) is 11.9 Å². The lowest BCUT2D eigenvalue weighted by Crippen LogP contribution is -2.70. The number of hydrogen-bond donors (Lipinski definition) is 2. The van der Waals surface area contributed by atoms with E-state index < -0.39 is 0 Å². The van der Waals surface area contributed by atoms with Gasteiger partial charge >= 0.3 is 0 Å². The molecule has 3 aliphatic carbocycles. The summed E-state index contributed by atoms with van der Waals surface area (Å²) in [5, 5.41) is 29.5. The third-order valence-corrected chi connectivity index (χ3v) is 6.32. The van der Waals surface area contributed by atoms with Crippen LogP contribution in [-0.4, -0.2) is 32.3 Å². The van der Waals surface area contributed by atoms with E-state index in [9.17, 15) is 5.26 Å². The predicted octanol–water partition coefficient (Wildman–Crippen LogP) is 4.56. The predicted molar refractivity (Wildman–Crippen MR) is 122 cm³/mol. The Kier molecular flexibility index (Phi) is 4.71. The number of anilines is 1. The van der Waals surface area contributed by atoms with Crippen LogP contribution in [0.3, 0.4) is 0 Å². The number of allylic oxidation sites excluding steroid dienone is 1. The number of ether oxygens (including phenoxy) is 2. The molecule has 0 amide bonds. The van der Waals surface area contributed by atoms with Crippen LogP contribution in [0.2, 0.25) is 0 Å². The molecule has 2 heterocycles. The molecule has 2 aromatic heterocycles. The zero-order chi connectivity index (χ0) is 23.2. The first-order valence-electron chi connectivity index (χ1n) is 10.8. The molecule has 0 unspecified atom stereocenters. The molecule has 3 aliphatic rings. The second-order valence-electron chi connectivity index (χ2n) is 8.89. The number of rotatable bonds is 7. The van der Waals surface area contributed by atoms with Crippen LogP contribution in [0.1, 0.15) is 43.0 Å². The first-order chi connectivity index (χ1) is 15.9. The normalized spacial score (nSPS) is 22.8. The van der Waals surface area contributed by atoms with Crippen LogP contribution in [0.25, 0.3) is 17.1 Å². The third kappa shape index (κ3) is 3.42. The van der Waals surface area contributed by atoms with Gasteiger partial charge in [-0.05, 0) is 69.4 Å². The molecule has 6 rings (SSSR count). The minimum absolute atomic E-state index is 0.118. The Morgan fingerprint density at radius 1 is 1.21 bits per heavy atom. The Labute approximate surface area is 191 Å². The highest BCUT2D eigenvalue weighted by molar-refractivity contribution is 5.84. The Hall–Kier alpha value is -4.11. The molecule has 1 aromatic carbocycles. The van der Waals surface area contributed by atoms with Crippen molar-refractivity contribution < 1.29 is 9.47 Å². The van der Waals surface area contributed by atoms with Crippen LogP contribution in [-0.2, 0) is 0 Å². The summed E-state index contributed by atoms with van der Waals surface area (Å²) in [4.78, 5) is 9.25. The van der Waals surface area contributed by atoms with Gasteiger partial charge < -0.3 is 14.8 Å². The highest BCUT2D eigenvalue weighted by Gasteiger charge is 2.69. The summed E-state index contributed by atoms with van der Waals surface area (Å²) in [6.07, 6.45) is 5.56. The van der Waals surface area contributed by atoms with E-state index in [1.807, 2.05) is 39.0 Å². The molecule has 9 heteroatoms. The van der Waals surface area contributed by atoms with Gasteiger partial charge in [0.1, 0.15) is 5.39 Å². The number of aryl methyl sites for hydroxylation is 2. The average molecular weight is 441 g/mol. The molecule has 9 nitrogen and oxygen atoms in total. The minimum Gasteiger partial charge on any atom is -0.490 e. The van der Waals surface area contributed by atoms with Crippen molar-refractivity contribution in [2.45, 2.75) is 45.6 Å². The summed E-state index contributed by atoms with van der Waals surface area (Å²) < 4.78 is 12.2. The number of fused-ring (bicyclic) bond motifs is 1. The fraction of sp³-hybridized carbons (Fsp3) is 0.375. The number of aromatic nitrogens is 4. The van der Waals surface area contributed by atoms with Crippen LogP contribution in [0.4, 0.5) is 5.95 Å². The maximum absolute atomic E-state index is 9.30. The van der Waals surface area contributed by atoms with E-state index in [1.165, 1.54) is 6.08 Å². The molecule has 3 saturated carbocycles. The minimum atomic E-state index is -0.176. The van der Waals surface area contributed by atoms with Gasteiger partial charge in [-0.2, -0.15) is 25.6 Å². The van der Waals surface area contributed by atoms with Gasteiger partial charge in [0.25, 0.3) is 0 Å². The number of H-pyrrole nitrogens is 1. The Morgan fingerprint density at radius 2 is 2.00 bits per heavy atom. The zero-order valence-electron chi connectivity index (χ0n) is 18.7. The van der Waals surface area contributed by atoms with Crippen molar-refractivity contribution in [3.05, 3.63) is 35.0 Å². The van der Waals surface area contributed by atoms with Gasteiger partial charge in [-0.3, -0.25) is 5.10 Å². The monoisotopic (exact) mass is 441 g/mol. The standard InChI is InChI=1S/C24H23N7O2/c1-4-32-17-9-16(6-5-7-25)8-14(2)19(17)33-21-18-15(3)30-31-20(18)27-22(28-21)29-24-10-23(11-24,12-24)13-26/h5-6,8-9H,4,10-12H2,1-3H3,(H2,27,28,29,30,31)/b6-5+. The molecule has 0 aliphatic heterocycles. The van der Waals surface area contributed by atoms with Crippen LogP contribution in [0, 0.1) is 41.9 Å². The molecule has 0 atom stereocenters. The molecule has 2 bridgehead atoms. The highest BCUT2D eigenvalue weighted by Crippen LogP contribution is 2.67.